The number of aromatic nitrogens is 2. The number of aryl methyl sites for hydroxylation is 2. The first-order valence-electron chi connectivity index (χ1n) is 8.99. The van der Waals surface area contributed by atoms with Crippen molar-refractivity contribution in [3.63, 3.8) is 0 Å². The first-order valence-corrected chi connectivity index (χ1v) is 8.99. The second-order valence-electron chi connectivity index (χ2n) is 6.90. The highest BCUT2D eigenvalue weighted by Gasteiger charge is 2.30. The maximum absolute atomic E-state index is 12.4. The number of fused-ring (bicyclic) bond motifs is 2. The summed E-state index contributed by atoms with van der Waals surface area (Å²) >= 11 is 0. The van der Waals surface area contributed by atoms with E-state index in [1.165, 1.54) is 5.56 Å². The van der Waals surface area contributed by atoms with Crippen LogP contribution in [0.25, 0.3) is 0 Å². The Kier molecular flexibility index (Phi) is 4.26. The molecule has 0 bridgehead atoms. The van der Waals surface area contributed by atoms with E-state index >= 15 is 0 Å². The fourth-order valence-electron chi connectivity index (χ4n) is 4.08. The van der Waals surface area contributed by atoms with Crippen molar-refractivity contribution in [3.05, 3.63) is 50.7 Å². The highest BCUT2D eigenvalue weighted by atomic mass is 16.5. The van der Waals surface area contributed by atoms with Crippen molar-refractivity contribution in [1.82, 2.24) is 9.97 Å². The van der Waals surface area contributed by atoms with Crippen molar-refractivity contribution >= 4 is 5.71 Å². The molecular weight excluding hydrogens is 330 g/mol. The molecular formula is C20H23N3O3. The molecule has 0 spiro atoms. The summed E-state index contributed by atoms with van der Waals surface area (Å²) < 4.78 is 10.9. The maximum Gasteiger partial charge on any atom is 0.254 e. The number of hydrogen-bond donors (Lipinski definition) is 1. The summed E-state index contributed by atoms with van der Waals surface area (Å²) in [5.74, 6) is 2.37. The zero-order valence-electron chi connectivity index (χ0n) is 15.4. The number of ether oxygens (including phenoxy) is 2. The quantitative estimate of drug-likeness (QED) is 0.918. The molecule has 1 atom stereocenters. The number of aliphatic imine (C=N–C) groups is 1. The summed E-state index contributed by atoms with van der Waals surface area (Å²) in [6.07, 6.45) is 3.34. The predicted molar refractivity (Wildman–Crippen MR) is 99.8 cm³/mol. The molecule has 0 saturated carbocycles. The Morgan fingerprint density at radius 2 is 1.92 bits per heavy atom. The monoisotopic (exact) mass is 353 g/mol. The van der Waals surface area contributed by atoms with Crippen molar-refractivity contribution in [2.45, 2.75) is 32.6 Å². The van der Waals surface area contributed by atoms with Gasteiger partial charge in [-0.05, 0) is 50.3 Å². The summed E-state index contributed by atoms with van der Waals surface area (Å²) in [5.41, 5.74) is 5.17. The van der Waals surface area contributed by atoms with Crippen molar-refractivity contribution in [2.75, 3.05) is 20.8 Å². The molecule has 26 heavy (non-hydrogen) atoms. The molecule has 1 aromatic heterocycles. The molecule has 136 valence electrons. The smallest absolute Gasteiger partial charge is 0.254 e. The predicted octanol–water partition coefficient (Wildman–Crippen LogP) is 2.25. The Bertz CT molecular complexity index is 946. The number of H-pyrrole nitrogens is 1. The zero-order chi connectivity index (χ0) is 18.3. The molecule has 2 aromatic rings. The molecule has 2 heterocycles. The number of benzene rings is 1. The fourth-order valence-corrected chi connectivity index (χ4v) is 4.08. The van der Waals surface area contributed by atoms with Crippen LogP contribution < -0.4 is 15.0 Å². The van der Waals surface area contributed by atoms with Gasteiger partial charge in [-0.3, -0.25) is 9.79 Å². The lowest BCUT2D eigenvalue weighted by atomic mass is 9.79. The van der Waals surface area contributed by atoms with E-state index in [2.05, 4.69) is 16.0 Å². The molecule has 1 unspecified atom stereocenters. The van der Waals surface area contributed by atoms with Crippen LogP contribution in [0, 0.1) is 12.8 Å². The molecule has 0 saturated heterocycles. The van der Waals surface area contributed by atoms with Gasteiger partial charge in [0.15, 0.2) is 11.5 Å². The van der Waals surface area contributed by atoms with Gasteiger partial charge in [0.25, 0.3) is 5.56 Å². The molecule has 6 nitrogen and oxygen atoms in total. The van der Waals surface area contributed by atoms with Crippen LogP contribution in [0.15, 0.2) is 21.9 Å². The van der Waals surface area contributed by atoms with Gasteiger partial charge in [0, 0.05) is 29.3 Å². The number of nitrogens with one attached hydrogen (secondary N) is 1. The Morgan fingerprint density at radius 3 is 2.69 bits per heavy atom. The van der Waals surface area contributed by atoms with Crippen LogP contribution in [-0.2, 0) is 19.3 Å². The lowest BCUT2D eigenvalue weighted by molar-refractivity contribution is 0.354. The first-order chi connectivity index (χ1) is 12.6. The lowest BCUT2D eigenvalue weighted by Crippen LogP contribution is -2.32. The van der Waals surface area contributed by atoms with E-state index in [0.29, 0.717) is 18.0 Å². The molecule has 4 rings (SSSR count). The van der Waals surface area contributed by atoms with Crippen LogP contribution in [0.1, 0.15) is 34.6 Å². The molecule has 1 aliphatic heterocycles. The highest BCUT2D eigenvalue weighted by molar-refractivity contribution is 6.05. The van der Waals surface area contributed by atoms with Gasteiger partial charge in [0.05, 0.1) is 19.9 Å². The van der Waals surface area contributed by atoms with Crippen LogP contribution in [0.4, 0.5) is 0 Å². The van der Waals surface area contributed by atoms with Crippen LogP contribution >= 0.6 is 0 Å². The third-order valence-corrected chi connectivity index (χ3v) is 5.33. The summed E-state index contributed by atoms with van der Waals surface area (Å²) in [6, 6.07) is 4.08. The molecule has 1 aromatic carbocycles. The third kappa shape index (κ3) is 2.79. The van der Waals surface area contributed by atoms with Gasteiger partial charge >= 0.3 is 0 Å². The Morgan fingerprint density at radius 1 is 1.15 bits per heavy atom. The van der Waals surface area contributed by atoms with E-state index in [0.717, 1.165) is 54.1 Å². The second-order valence-corrected chi connectivity index (χ2v) is 6.90. The zero-order valence-corrected chi connectivity index (χ0v) is 15.4. The Hall–Kier alpha value is -2.63. The average molecular weight is 353 g/mol. The maximum atomic E-state index is 12.4. The summed E-state index contributed by atoms with van der Waals surface area (Å²) in [7, 11) is 3.30. The van der Waals surface area contributed by atoms with Gasteiger partial charge in [-0.2, -0.15) is 0 Å². The SMILES string of the molecule is COc1cc2c(cc1OC)C(C1CCc3nc(C)[nH]c(=O)c3C1)=NCC2. The molecule has 1 aliphatic carbocycles. The minimum atomic E-state index is -0.0128. The van der Waals surface area contributed by atoms with E-state index in [1.807, 2.05) is 13.0 Å². The van der Waals surface area contributed by atoms with E-state index in [-0.39, 0.29) is 11.5 Å². The Balaban J connectivity index is 1.72. The summed E-state index contributed by atoms with van der Waals surface area (Å²) in [5, 5.41) is 0. The third-order valence-electron chi connectivity index (χ3n) is 5.33. The standard InChI is InChI=1S/C20H23N3O3/c1-11-22-16-5-4-13(8-15(16)20(24)23-11)19-14-10-18(26-3)17(25-2)9-12(14)6-7-21-19/h9-10,13H,4-8H2,1-3H3,(H,22,23,24). The highest BCUT2D eigenvalue weighted by Crippen LogP contribution is 2.35. The molecule has 0 amide bonds. The van der Waals surface area contributed by atoms with Crippen molar-refractivity contribution < 1.29 is 9.47 Å². The van der Waals surface area contributed by atoms with Crippen LogP contribution in [0.3, 0.4) is 0 Å². The molecule has 1 N–H and O–H groups in total. The fraction of sp³-hybridized carbons (Fsp3) is 0.450. The van der Waals surface area contributed by atoms with E-state index in [4.69, 9.17) is 14.5 Å². The summed E-state index contributed by atoms with van der Waals surface area (Å²) in [6.45, 7) is 2.60. The number of rotatable bonds is 3. The molecule has 6 heteroatoms. The number of aromatic amines is 1. The minimum absolute atomic E-state index is 0.0128. The number of methoxy groups -OCH3 is 2. The average Bonchev–Trinajstić information content (AvgIpc) is 2.66. The van der Waals surface area contributed by atoms with Crippen molar-refractivity contribution in [2.24, 2.45) is 10.9 Å². The minimum Gasteiger partial charge on any atom is -0.493 e. The van der Waals surface area contributed by atoms with Crippen LogP contribution in [0.5, 0.6) is 11.5 Å². The van der Waals surface area contributed by atoms with Crippen LogP contribution in [0.2, 0.25) is 0 Å². The van der Waals surface area contributed by atoms with Gasteiger partial charge in [-0.1, -0.05) is 0 Å². The second kappa shape index (κ2) is 6.59. The Labute approximate surface area is 152 Å². The van der Waals surface area contributed by atoms with Gasteiger partial charge in [-0.15, -0.1) is 0 Å². The van der Waals surface area contributed by atoms with Gasteiger partial charge in [0.2, 0.25) is 0 Å². The summed E-state index contributed by atoms with van der Waals surface area (Å²) in [4.78, 5) is 24.6. The van der Waals surface area contributed by atoms with Gasteiger partial charge in [0.1, 0.15) is 5.82 Å². The van der Waals surface area contributed by atoms with Crippen molar-refractivity contribution in [1.29, 1.82) is 0 Å². The number of nitrogens with zero attached hydrogens (tertiary/aromatic N) is 2. The largest absolute Gasteiger partial charge is 0.493 e. The normalized spacial score (nSPS) is 18.6. The van der Waals surface area contributed by atoms with Gasteiger partial charge in [-0.25, -0.2) is 4.98 Å². The molecule has 0 fully saturated rings. The van der Waals surface area contributed by atoms with E-state index in [9.17, 15) is 4.79 Å². The van der Waals surface area contributed by atoms with Gasteiger partial charge < -0.3 is 14.5 Å². The van der Waals surface area contributed by atoms with E-state index < -0.39 is 0 Å². The van der Waals surface area contributed by atoms with Crippen LogP contribution in [-0.4, -0.2) is 36.4 Å². The topological polar surface area (TPSA) is 76.6 Å². The molecule has 0 radical (unpaired) electrons. The lowest BCUT2D eigenvalue weighted by Gasteiger charge is -2.28. The molecule has 2 aliphatic rings. The number of hydrogen-bond acceptors (Lipinski definition) is 5. The van der Waals surface area contributed by atoms with E-state index in [1.54, 1.807) is 14.2 Å². The van der Waals surface area contributed by atoms with Crippen molar-refractivity contribution in [3.8, 4) is 11.5 Å². The first kappa shape index (κ1) is 16.8.